The van der Waals surface area contributed by atoms with Gasteiger partial charge in [0, 0.05) is 19.3 Å². The summed E-state index contributed by atoms with van der Waals surface area (Å²) in [5, 5.41) is 0. The van der Waals surface area contributed by atoms with Crippen molar-refractivity contribution in [2.24, 2.45) is 0 Å². The molecule has 0 bridgehead atoms. The van der Waals surface area contributed by atoms with E-state index in [0.717, 1.165) is 96.3 Å². The zero-order valence-electron chi connectivity index (χ0n) is 39.7. The molecular weight excluding hydrogens is 757 g/mol. The summed E-state index contributed by atoms with van der Waals surface area (Å²) in [6.07, 6.45) is 62.9. The Labute approximate surface area is 375 Å². The molecule has 0 amide bonds. The third-order valence-electron chi connectivity index (χ3n) is 10.4. The summed E-state index contributed by atoms with van der Waals surface area (Å²) in [6, 6.07) is 0. The number of allylic oxidation sites excluding steroid dienone is 14. The molecule has 6 heteroatoms. The van der Waals surface area contributed by atoms with Crippen LogP contribution in [-0.2, 0) is 28.6 Å². The molecule has 0 saturated carbocycles. The Hall–Kier alpha value is -3.41. The van der Waals surface area contributed by atoms with Crippen LogP contribution in [-0.4, -0.2) is 37.2 Å². The standard InChI is InChI=1S/C55H92O6/c1-4-7-10-13-16-19-22-25-27-28-31-33-36-39-42-45-48-54(57)60-51-52(50-59-53(56)47-44-41-38-35-32-29-24-21-18-15-12-9-6-3)61-55(58)49-46-43-40-37-34-30-26-23-20-17-14-11-8-5-2/h7,10,16,19,25,27,29-34,39,42,52H,4-6,8-9,11-15,17-18,20-24,26,28,35-38,40-41,43-51H2,1-3H3/b10-7-,19-16-,27-25-,32-29-,33-31-,34-30-,42-39-. The highest BCUT2D eigenvalue weighted by Crippen LogP contribution is 2.12. The molecule has 0 aliphatic heterocycles. The van der Waals surface area contributed by atoms with Gasteiger partial charge in [-0.3, -0.25) is 14.4 Å². The molecule has 0 aromatic rings. The number of hydrogen-bond acceptors (Lipinski definition) is 6. The first-order chi connectivity index (χ1) is 30.0. The highest BCUT2D eigenvalue weighted by atomic mass is 16.6. The van der Waals surface area contributed by atoms with Gasteiger partial charge < -0.3 is 14.2 Å². The zero-order chi connectivity index (χ0) is 44.4. The minimum absolute atomic E-state index is 0.114. The number of carbonyl (C=O) groups is 3. The van der Waals surface area contributed by atoms with Crippen LogP contribution in [0.2, 0.25) is 0 Å². The molecule has 0 rings (SSSR count). The molecule has 1 unspecified atom stereocenters. The maximum Gasteiger partial charge on any atom is 0.306 e. The van der Waals surface area contributed by atoms with Crippen molar-refractivity contribution in [3.8, 4) is 0 Å². The molecule has 1 atom stereocenters. The number of esters is 3. The van der Waals surface area contributed by atoms with Crippen molar-refractivity contribution in [2.75, 3.05) is 13.2 Å². The lowest BCUT2D eigenvalue weighted by Gasteiger charge is -2.18. The van der Waals surface area contributed by atoms with Crippen LogP contribution in [0.3, 0.4) is 0 Å². The molecular formula is C55H92O6. The van der Waals surface area contributed by atoms with Gasteiger partial charge in [0.05, 0.1) is 0 Å². The second kappa shape index (κ2) is 49.2. The summed E-state index contributed by atoms with van der Waals surface area (Å²) in [6.45, 7) is 6.41. The fraction of sp³-hybridized carbons (Fsp3) is 0.691. The van der Waals surface area contributed by atoms with E-state index in [9.17, 15) is 14.4 Å². The Morgan fingerprint density at radius 2 is 0.672 bits per heavy atom. The van der Waals surface area contributed by atoms with Gasteiger partial charge in [0.15, 0.2) is 6.10 Å². The van der Waals surface area contributed by atoms with Crippen LogP contribution >= 0.6 is 0 Å². The van der Waals surface area contributed by atoms with Crippen molar-refractivity contribution in [1.29, 1.82) is 0 Å². The molecule has 0 saturated heterocycles. The van der Waals surface area contributed by atoms with Crippen molar-refractivity contribution in [1.82, 2.24) is 0 Å². The number of rotatable bonds is 44. The van der Waals surface area contributed by atoms with Gasteiger partial charge in [-0.25, -0.2) is 0 Å². The molecule has 348 valence electrons. The van der Waals surface area contributed by atoms with E-state index in [-0.39, 0.29) is 44.0 Å². The lowest BCUT2D eigenvalue weighted by molar-refractivity contribution is -0.166. The molecule has 0 radical (unpaired) electrons. The molecule has 6 nitrogen and oxygen atoms in total. The number of carbonyl (C=O) groups excluding carboxylic acids is 3. The first-order valence-electron chi connectivity index (χ1n) is 25.1. The average Bonchev–Trinajstić information content (AvgIpc) is 3.26. The van der Waals surface area contributed by atoms with Gasteiger partial charge in [0.25, 0.3) is 0 Å². The summed E-state index contributed by atoms with van der Waals surface area (Å²) in [4.78, 5) is 37.9. The lowest BCUT2D eigenvalue weighted by atomic mass is 10.1. The first kappa shape index (κ1) is 57.6. The summed E-state index contributed by atoms with van der Waals surface area (Å²) < 4.78 is 16.7. The summed E-state index contributed by atoms with van der Waals surface area (Å²) in [5.41, 5.74) is 0. The minimum Gasteiger partial charge on any atom is -0.462 e. The van der Waals surface area contributed by atoms with Crippen LogP contribution in [0.15, 0.2) is 85.1 Å². The molecule has 61 heavy (non-hydrogen) atoms. The van der Waals surface area contributed by atoms with Crippen LogP contribution in [0.5, 0.6) is 0 Å². The van der Waals surface area contributed by atoms with E-state index in [1.54, 1.807) is 0 Å². The molecule has 0 aliphatic carbocycles. The van der Waals surface area contributed by atoms with Gasteiger partial charge in [-0.2, -0.15) is 0 Å². The number of hydrogen-bond donors (Lipinski definition) is 0. The largest absolute Gasteiger partial charge is 0.462 e. The molecule has 0 fully saturated rings. The third-order valence-corrected chi connectivity index (χ3v) is 10.4. The Bertz CT molecular complexity index is 1200. The van der Waals surface area contributed by atoms with Crippen molar-refractivity contribution in [2.45, 2.75) is 232 Å². The van der Waals surface area contributed by atoms with E-state index < -0.39 is 6.10 Å². The Kier molecular flexibility index (Phi) is 46.5. The molecule has 0 N–H and O–H groups in total. The summed E-state index contributed by atoms with van der Waals surface area (Å²) in [7, 11) is 0. The molecule has 0 aliphatic rings. The van der Waals surface area contributed by atoms with Crippen LogP contribution in [0, 0.1) is 0 Å². The molecule has 0 heterocycles. The second-order valence-corrected chi connectivity index (χ2v) is 16.3. The van der Waals surface area contributed by atoms with Crippen molar-refractivity contribution < 1.29 is 28.6 Å². The van der Waals surface area contributed by atoms with Gasteiger partial charge in [0.1, 0.15) is 13.2 Å². The quantitative estimate of drug-likeness (QED) is 0.0263. The minimum atomic E-state index is -0.819. The topological polar surface area (TPSA) is 78.9 Å². The number of unbranched alkanes of at least 4 members (excludes halogenated alkanes) is 19. The highest BCUT2D eigenvalue weighted by Gasteiger charge is 2.19. The van der Waals surface area contributed by atoms with Gasteiger partial charge in [-0.1, -0.05) is 189 Å². The van der Waals surface area contributed by atoms with Crippen LogP contribution in [0.1, 0.15) is 226 Å². The van der Waals surface area contributed by atoms with E-state index in [1.807, 2.05) is 12.2 Å². The van der Waals surface area contributed by atoms with E-state index >= 15 is 0 Å². The van der Waals surface area contributed by atoms with Crippen LogP contribution in [0.4, 0.5) is 0 Å². The van der Waals surface area contributed by atoms with Gasteiger partial charge >= 0.3 is 17.9 Å². The lowest BCUT2D eigenvalue weighted by Crippen LogP contribution is -2.30. The Morgan fingerprint density at radius 3 is 1.10 bits per heavy atom. The molecule has 0 aromatic carbocycles. The number of ether oxygens (including phenoxy) is 3. The van der Waals surface area contributed by atoms with E-state index in [4.69, 9.17) is 14.2 Å². The fourth-order valence-corrected chi connectivity index (χ4v) is 6.60. The third kappa shape index (κ3) is 47.5. The van der Waals surface area contributed by atoms with Gasteiger partial charge in [-0.15, -0.1) is 0 Å². The first-order valence-corrected chi connectivity index (χ1v) is 25.1. The summed E-state index contributed by atoms with van der Waals surface area (Å²) in [5.74, 6) is -1.03. The van der Waals surface area contributed by atoms with E-state index in [0.29, 0.717) is 12.8 Å². The molecule has 0 spiro atoms. The van der Waals surface area contributed by atoms with Crippen molar-refractivity contribution in [3.63, 3.8) is 0 Å². The Morgan fingerprint density at radius 1 is 0.344 bits per heavy atom. The van der Waals surface area contributed by atoms with Gasteiger partial charge in [-0.05, 0) is 103 Å². The maximum absolute atomic E-state index is 12.8. The van der Waals surface area contributed by atoms with Gasteiger partial charge in [0.2, 0.25) is 0 Å². The van der Waals surface area contributed by atoms with Crippen LogP contribution in [0.25, 0.3) is 0 Å². The monoisotopic (exact) mass is 849 g/mol. The highest BCUT2D eigenvalue weighted by molar-refractivity contribution is 5.71. The normalized spacial score (nSPS) is 12.8. The SMILES string of the molecule is CC/C=C\C/C=C\C/C=C\C/C=C\C/C=C\CCC(=O)OCC(COC(=O)CCCCC/C=C\CCCCCCCC)OC(=O)CCCCC/C=C\CCCCCCCCC. The zero-order valence-corrected chi connectivity index (χ0v) is 39.7. The maximum atomic E-state index is 12.8. The smallest absolute Gasteiger partial charge is 0.306 e. The van der Waals surface area contributed by atoms with Crippen molar-refractivity contribution in [3.05, 3.63) is 85.1 Å². The summed E-state index contributed by atoms with van der Waals surface area (Å²) >= 11 is 0. The molecule has 0 aromatic heterocycles. The predicted octanol–water partition coefficient (Wildman–Crippen LogP) is 16.4. The second-order valence-electron chi connectivity index (χ2n) is 16.3. The predicted molar refractivity (Wildman–Crippen MR) is 261 cm³/mol. The fourth-order valence-electron chi connectivity index (χ4n) is 6.60. The Balaban J connectivity index is 4.54. The van der Waals surface area contributed by atoms with E-state index in [2.05, 4.69) is 93.7 Å². The average molecular weight is 849 g/mol. The van der Waals surface area contributed by atoms with Crippen LogP contribution < -0.4 is 0 Å². The van der Waals surface area contributed by atoms with E-state index in [1.165, 1.54) is 83.5 Å². The van der Waals surface area contributed by atoms with Crippen molar-refractivity contribution >= 4 is 17.9 Å².